The highest BCUT2D eigenvalue weighted by Gasteiger charge is 2.17. The molecule has 0 spiro atoms. The van der Waals surface area contributed by atoms with Crippen LogP contribution in [0.1, 0.15) is 11.1 Å². The highest BCUT2D eigenvalue weighted by molar-refractivity contribution is 9.10. The minimum Gasteiger partial charge on any atom is -0.454 e. The number of hydrogen-bond acceptors (Lipinski definition) is 3. The van der Waals surface area contributed by atoms with E-state index in [2.05, 4.69) is 62.3 Å². The number of halogens is 2. The second-order valence-electron chi connectivity index (χ2n) is 4.68. The van der Waals surface area contributed by atoms with Gasteiger partial charge in [-0.05, 0) is 64.3 Å². The van der Waals surface area contributed by atoms with E-state index in [1.165, 1.54) is 5.56 Å². The standard InChI is InChI=1S/C15H13Br2NO2/c1-9-2-11(16)6-12(3-9)18-7-10-4-13(17)15-14(5-10)19-8-20-15/h2-6,18H,7-8H2,1H3. The second kappa shape index (κ2) is 5.66. The van der Waals surface area contributed by atoms with Gasteiger partial charge in [-0.1, -0.05) is 15.9 Å². The number of rotatable bonds is 3. The maximum atomic E-state index is 5.42. The van der Waals surface area contributed by atoms with Gasteiger partial charge in [0.05, 0.1) is 4.47 Å². The molecule has 0 amide bonds. The van der Waals surface area contributed by atoms with Gasteiger partial charge in [-0.25, -0.2) is 0 Å². The minimum absolute atomic E-state index is 0.287. The van der Waals surface area contributed by atoms with Gasteiger partial charge in [-0.15, -0.1) is 0 Å². The molecule has 1 heterocycles. The maximum absolute atomic E-state index is 5.42. The molecular weight excluding hydrogens is 386 g/mol. The van der Waals surface area contributed by atoms with Gasteiger partial charge in [0, 0.05) is 16.7 Å². The van der Waals surface area contributed by atoms with E-state index in [4.69, 9.17) is 9.47 Å². The van der Waals surface area contributed by atoms with Crippen molar-refractivity contribution >= 4 is 37.5 Å². The van der Waals surface area contributed by atoms with Crippen molar-refractivity contribution in [3.8, 4) is 11.5 Å². The van der Waals surface area contributed by atoms with Crippen LogP contribution in [0.4, 0.5) is 5.69 Å². The molecule has 0 saturated carbocycles. The Morgan fingerprint density at radius 1 is 1.10 bits per heavy atom. The molecule has 0 aromatic heterocycles. The zero-order valence-electron chi connectivity index (χ0n) is 10.9. The second-order valence-corrected chi connectivity index (χ2v) is 6.45. The first kappa shape index (κ1) is 13.8. The first-order chi connectivity index (χ1) is 9.61. The van der Waals surface area contributed by atoms with Crippen molar-refractivity contribution in [1.82, 2.24) is 0 Å². The lowest BCUT2D eigenvalue weighted by Gasteiger charge is -2.10. The van der Waals surface area contributed by atoms with Crippen molar-refractivity contribution in [2.24, 2.45) is 0 Å². The third-order valence-electron chi connectivity index (χ3n) is 3.03. The topological polar surface area (TPSA) is 30.5 Å². The zero-order chi connectivity index (χ0) is 14.1. The Labute approximate surface area is 134 Å². The smallest absolute Gasteiger partial charge is 0.231 e. The number of benzene rings is 2. The molecular formula is C15H13Br2NO2. The van der Waals surface area contributed by atoms with E-state index >= 15 is 0 Å². The van der Waals surface area contributed by atoms with E-state index in [9.17, 15) is 0 Å². The van der Waals surface area contributed by atoms with Crippen LogP contribution in [0.5, 0.6) is 11.5 Å². The fourth-order valence-electron chi connectivity index (χ4n) is 2.17. The molecule has 0 atom stereocenters. The Morgan fingerprint density at radius 3 is 2.75 bits per heavy atom. The SMILES string of the molecule is Cc1cc(Br)cc(NCc2cc(Br)c3c(c2)OCO3)c1. The van der Waals surface area contributed by atoms with Gasteiger partial charge in [0.2, 0.25) is 6.79 Å². The minimum atomic E-state index is 0.287. The van der Waals surface area contributed by atoms with Crippen molar-refractivity contribution in [3.05, 3.63) is 50.4 Å². The van der Waals surface area contributed by atoms with Gasteiger partial charge in [0.15, 0.2) is 11.5 Å². The summed E-state index contributed by atoms with van der Waals surface area (Å²) in [6.07, 6.45) is 0. The number of aryl methyl sites for hydroxylation is 1. The number of anilines is 1. The molecule has 104 valence electrons. The molecule has 2 aromatic carbocycles. The summed E-state index contributed by atoms with van der Waals surface area (Å²) in [7, 11) is 0. The van der Waals surface area contributed by atoms with Crippen LogP contribution in [-0.2, 0) is 6.54 Å². The van der Waals surface area contributed by atoms with Crippen LogP contribution >= 0.6 is 31.9 Å². The van der Waals surface area contributed by atoms with Crippen LogP contribution in [0.3, 0.4) is 0 Å². The molecule has 0 bridgehead atoms. The largest absolute Gasteiger partial charge is 0.454 e. The lowest BCUT2D eigenvalue weighted by Crippen LogP contribution is -2.00. The van der Waals surface area contributed by atoms with Crippen LogP contribution < -0.4 is 14.8 Å². The Bertz CT molecular complexity index is 638. The molecule has 0 saturated heterocycles. The Morgan fingerprint density at radius 2 is 1.95 bits per heavy atom. The summed E-state index contributed by atoms with van der Waals surface area (Å²) in [5.41, 5.74) is 3.44. The van der Waals surface area contributed by atoms with Gasteiger partial charge in [-0.2, -0.15) is 0 Å². The molecule has 0 unspecified atom stereocenters. The summed E-state index contributed by atoms with van der Waals surface area (Å²) in [5, 5.41) is 3.41. The van der Waals surface area contributed by atoms with Crippen molar-refractivity contribution < 1.29 is 9.47 Å². The van der Waals surface area contributed by atoms with Gasteiger partial charge < -0.3 is 14.8 Å². The van der Waals surface area contributed by atoms with Crippen molar-refractivity contribution in [2.75, 3.05) is 12.1 Å². The van der Waals surface area contributed by atoms with Crippen molar-refractivity contribution in [3.63, 3.8) is 0 Å². The fourth-order valence-corrected chi connectivity index (χ4v) is 3.38. The lowest BCUT2D eigenvalue weighted by atomic mass is 10.2. The summed E-state index contributed by atoms with van der Waals surface area (Å²) in [6, 6.07) is 10.3. The van der Waals surface area contributed by atoms with E-state index < -0.39 is 0 Å². The summed E-state index contributed by atoms with van der Waals surface area (Å²) in [6.45, 7) is 3.09. The van der Waals surface area contributed by atoms with E-state index in [1.54, 1.807) is 0 Å². The Kier molecular flexibility index (Phi) is 3.89. The van der Waals surface area contributed by atoms with Crippen LogP contribution in [0, 0.1) is 6.92 Å². The van der Waals surface area contributed by atoms with E-state index in [0.29, 0.717) is 0 Å². The number of fused-ring (bicyclic) bond motifs is 1. The Hall–Kier alpha value is -1.20. The maximum Gasteiger partial charge on any atom is 0.231 e. The Balaban J connectivity index is 1.77. The number of ether oxygens (including phenoxy) is 2. The highest BCUT2D eigenvalue weighted by Crippen LogP contribution is 2.40. The molecule has 20 heavy (non-hydrogen) atoms. The highest BCUT2D eigenvalue weighted by atomic mass is 79.9. The van der Waals surface area contributed by atoms with Gasteiger partial charge in [0.1, 0.15) is 0 Å². The fraction of sp³-hybridized carbons (Fsp3) is 0.200. The van der Waals surface area contributed by atoms with Crippen molar-refractivity contribution in [1.29, 1.82) is 0 Å². The van der Waals surface area contributed by atoms with Gasteiger partial charge in [0.25, 0.3) is 0 Å². The van der Waals surface area contributed by atoms with Crippen LogP contribution in [-0.4, -0.2) is 6.79 Å². The molecule has 0 aliphatic carbocycles. The summed E-state index contributed by atoms with van der Waals surface area (Å²) in [4.78, 5) is 0. The molecule has 0 radical (unpaired) electrons. The monoisotopic (exact) mass is 397 g/mol. The quantitative estimate of drug-likeness (QED) is 0.800. The third kappa shape index (κ3) is 2.94. The number of hydrogen-bond donors (Lipinski definition) is 1. The van der Waals surface area contributed by atoms with Crippen LogP contribution in [0.25, 0.3) is 0 Å². The zero-order valence-corrected chi connectivity index (χ0v) is 14.0. The van der Waals surface area contributed by atoms with Gasteiger partial charge in [-0.3, -0.25) is 0 Å². The first-order valence-electron chi connectivity index (χ1n) is 6.21. The molecule has 5 heteroatoms. The van der Waals surface area contributed by atoms with E-state index in [1.807, 2.05) is 12.1 Å². The average Bonchev–Trinajstić information content (AvgIpc) is 2.84. The summed E-state index contributed by atoms with van der Waals surface area (Å²) < 4.78 is 12.8. The van der Waals surface area contributed by atoms with Gasteiger partial charge >= 0.3 is 0 Å². The third-order valence-corrected chi connectivity index (χ3v) is 4.07. The summed E-state index contributed by atoms with van der Waals surface area (Å²) >= 11 is 7.01. The molecule has 0 fully saturated rings. The van der Waals surface area contributed by atoms with E-state index in [0.717, 1.165) is 38.2 Å². The predicted molar refractivity (Wildman–Crippen MR) is 86.5 cm³/mol. The molecule has 2 aromatic rings. The first-order valence-corrected chi connectivity index (χ1v) is 7.79. The molecule has 1 aliphatic heterocycles. The lowest BCUT2D eigenvalue weighted by molar-refractivity contribution is 0.173. The van der Waals surface area contributed by atoms with Crippen LogP contribution in [0.2, 0.25) is 0 Å². The van der Waals surface area contributed by atoms with E-state index in [-0.39, 0.29) is 6.79 Å². The summed E-state index contributed by atoms with van der Waals surface area (Å²) in [5.74, 6) is 1.58. The average molecular weight is 399 g/mol. The van der Waals surface area contributed by atoms with Crippen LogP contribution in [0.15, 0.2) is 39.3 Å². The molecule has 3 nitrogen and oxygen atoms in total. The number of nitrogens with one attached hydrogen (secondary N) is 1. The molecule has 1 aliphatic rings. The molecule has 3 rings (SSSR count). The predicted octanol–water partition coefficient (Wildman–Crippen LogP) is 4.86. The molecule has 1 N–H and O–H groups in total. The van der Waals surface area contributed by atoms with Crippen molar-refractivity contribution in [2.45, 2.75) is 13.5 Å². The normalized spacial score (nSPS) is 12.6.